The van der Waals surface area contributed by atoms with Gasteiger partial charge in [-0.2, -0.15) is 0 Å². The van der Waals surface area contributed by atoms with Gasteiger partial charge in [0.25, 0.3) is 0 Å². The number of carboxylic acid groups (broad SMARTS) is 1. The quantitative estimate of drug-likeness (QED) is 0.829. The van der Waals surface area contributed by atoms with Crippen molar-refractivity contribution in [2.45, 2.75) is 6.92 Å². The molecule has 1 aromatic carbocycles. The summed E-state index contributed by atoms with van der Waals surface area (Å²) in [4.78, 5) is 10.2. The summed E-state index contributed by atoms with van der Waals surface area (Å²) in [7, 11) is 0. The Hall–Kier alpha value is -1.16. The van der Waals surface area contributed by atoms with Crippen LogP contribution in [-0.4, -0.2) is 11.1 Å². The first kappa shape index (κ1) is 10.9. The molecule has 1 rings (SSSR count). The van der Waals surface area contributed by atoms with Crippen LogP contribution in [0.1, 0.15) is 11.1 Å². The maximum Gasteiger partial charge on any atom is 0.328 e. The van der Waals surface area contributed by atoms with Crippen LogP contribution in [0, 0.1) is 12.7 Å². The SMILES string of the molecule is Cc1ccc(/C=C/C(=O)O)c(F)c1Br. The van der Waals surface area contributed by atoms with Gasteiger partial charge in [-0.25, -0.2) is 9.18 Å². The van der Waals surface area contributed by atoms with E-state index in [1.54, 1.807) is 13.0 Å². The lowest BCUT2D eigenvalue weighted by Crippen LogP contribution is -1.90. The monoisotopic (exact) mass is 258 g/mol. The number of benzene rings is 1. The molecule has 1 aromatic rings. The third-order valence-electron chi connectivity index (χ3n) is 1.71. The molecule has 0 aliphatic carbocycles. The molecule has 14 heavy (non-hydrogen) atoms. The Morgan fingerprint density at radius 2 is 2.21 bits per heavy atom. The molecule has 74 valence electrons. The molecule has 0 saturated heterocycles. The molecule has 0 aliphatic rings. The summed E-state index contributed by atoms with van der Waals surface area (Å²) >= 11 is 3.08. The molecule has 0 radical (unpaired) electrons. The van der Waals surface area contributed by atoms with Crippen molar-refractivity contribution in [1.82, 2.24) is 0 Å². The lowest BCUT2D eigenvalue weighted by molar-refractivity contribution is -0.131. The largest absolute Gasteiger partial charge is 0.478 e. The molecule has 0 amide bonds. The van der Waals surface area contributed by atoms with Crippen LogP contribution in [0.2, 0.25) is 0 Å². The number of halogens is 2. The highest BCUT2D eigenvalue weighted by Crippen LogP contribution is 2.23. The summed E-state index contributed by atoms with van der Waals surface area (Å²) in [6, 6.07) is 3.25. The van der Waals surface area contributed by atoms with Crippen LogP contribution in [0.15, 0.2) is 22.7 Å². The van der Waals surface area contributed by atoms with Crippen LogP contribution in [0.5, 0.6) is 0 Å². The van der Waals surface area contributed by atoms with Crippen molar-refractivity contribution in [2.24, 2.45) is 0 Å². The van der Waals surface area contributed by atoms with Crippen molar-refractivity contribution < 1.29 is 14.3 Å². The van der Waals surface area contributed by atoms with Crippen molar-refractivity contribution in [2.75, 3.05) is 0 Å². The summed E-state index contributed by atoms with van der Waals surface area (Å²) in [5.74, 6) is -1.54. The normalized spacial score (nSPS) is 10.8. The van der Waals surface area contributed by atoms with Gasteiger partial charge < -0.3 is 5.11 Å². The predicted octanol–water partition coefficient (Wildman–Crippen LogP) is 2.99. The fraction of sp³-hybridized carbons (Fsp3) is 0.100. The Morgan fingerprint density at radius 1 is 1.57 bits per heavy atom. The standard InChI is InChI=1S/C10H8BrFO2/c1-6-2-3-7(4-5-8(13)14)10(12)9(6)11/h2-5H,1H3,(H,13,14)/b5-4+. The van der Waals surface area contributed by atoms with Gasteiger partial charge in [0, 0.05) is 11.6 Å². The Morgan fingerprint density at radius 3 is 2.79 bits per heavy atom. The van der Waals surface area contributed by atoms with E-state index < -0.39 is 11.8 Å². The zero-order valence-electron chi connectivity index (χ0n) is 7.42. The second kappa shape index (κ2) is 4.37. The third kappa shape index (κ3) is 2.42. The van der Waals surface area contributed by atoms with Gasteiger partial charge in [-0.1, -0.05) is 12.1 Å². The molecule has 0 aromatic heterocycles. The van der Waals surface area contributed by atoms with Gasteiger partial charge in [0.1, 0.15) is 5.82 Å². The van der Waals surface area contributed by atoms with Gasteiger partial charge in [-0.05, 0) is 34.5 Å². The van der Waals surface area contributed by atoms with E-state index in [0.29, 0.717) is 4.47 Å². The fourth-order valence-corrected chi connectivity index (χ4v) is 1.31. The minimum atomic E-state index is -1.10. The van der Waals surface area contributed by atoms with Crippen LogP contribution in [0.4, 0.5) is 4.39 Å². The Kier molecular flexibility index (Phi) is 3.41. The van der Waals surface area contributed by atoms with E-state index in [2.05, 4.69) is 15.9 Å². The number of hydrogen-bond acceptors (Lipinski definition) is 1. The summed E-state index contributed by atoms with van der Waals surface area (Å²) in [5, 5.41) is 8.37. The van der Waals surface area contributed by atoms with Crippen molar-refractivity contribution in [3.8, 4) is 0 Å². The number of hydrogen-bond donors (Lipinski definition) is 1. The van der Waals surface area contributed by atoms with E-state index in [-0.39, 0.29) is 5.56 Å². The number of carbonyl (C=O) groups is 1. The smallest absolute Gasteiger partial charge is 0.328 e. The number of aliphatic carboxylic acids is 1. The van der Waals surface area contributed by atoms with Gasteiger partial charge in [0.15, 0.2) is 0 Å². The van der Waals surface area contributed by atoms with E-state index >= 15 is 0 Å². The number of carboxylic acids is 1. The molecule has 0 bridgehead atoms. The Balaban J connectivity index is 3.12. The molecule has 4 heteroatoms. The van der Waals surface area contributed by atoms with Crippen molar-refractivity contribution in [3.63, 3.8) is 0 Å². The molecule has 0 aliphatic heterocycles. The molecule has 0 heterocycles. The van der Waals surface area contributed by atoms with Gasteiger partial charge >= 0.3 is 5.97 Å². The lowest BCUT2D eigenvalue weighted by Gasteiger charge is -2.02. The molecule has 0 unspecified atom stereocenters. The summed E-state index contributed by atoms with van der Waals surface area (Å²) in [5.41, 5.74) is 1.03. The average Bonchev–Trinajstić information content (AvgIpc) is 2.13. The molecular formula is C10H8BrFO2. The van der Waals surface area contributed by atoms with Crippen LogP contribution in [0.3, 0.4) is 0 Å². The first-order valence-electron chi connectivity index (χ1n) is 3.88. The van der Waals surface area contributed by atoms with Crippen LogP contribution in [-0.2, 0) is 4.79 Å². The van der Waals surface area contributed by atoms with Crippen molar-refractivity contribution in [3.05, 3.63) is 39.6 Å². The topological polar surface area (TPSA) is 37.3 Å². The first-order valence-corrected chi connectivity index (χ1v) is 4.67. The highest BCUT2D eigenvalue weighted by Gasteiger charge is 2.06. The van der Waals surface area contributed by atoms with Crippen LogP contribution >= 0.6 is 15.9 Å². The highest BCUT2D eigenvalue weighted by atomic mass is 79.9. The molecule has 0 fully saturated rings. The second-order valence-electron chi connectivity index (χ2n) is 2.77. The van der Waals surface area contributed by atoms with E-state index in [4.69, 9.17) is 5.11 Å². The zero-order valence-corrected chi connectivity index (χ0v) is 9.01. The third-order valence-corrected chi connectivity index (χ3v) is 2.68. The van der Waals surface area contributed by atoms with E-state index in [9.17, 15) is 9.18 Å². The maximum atomic E-state index is 13.4. The molecule has 0 saturated carbocycles. The maximum absolute atomic E-state index is 13.4. The Bertz CT molecular complexity index is 399. The van der Waals surface area contributed by atoms with Crippen molar-refractivity contribution in [1.29, 1.82) is 0 Å². The van der Waals surface area contributed by atoms with Gasteiger partial charge in [-0.3, -0.25) is 0 Å². The molecular weight excluding hydrogens is 251 g/mol. The first-order chi connectivity index (χ1) is 6.52. The second-order valence-corrected chi connectivity index (χ2v) is 3.56. The molecule has 0 spiro atoms. The Labute approximate surface area is 89.2 Å². The highest BCUT2D eigenvalue weighted by molar-refractivity contribution is 9.10. The van der Waals surface area contributed by atoms with E-state index in [0.717, 1.165) is 11.6 Å². The van der Waals surface area contributed by atoms with Crippen molar-refractivity contribution >= 4 is 28.0 Å². The lowest BCUT2D eigenvalue weighted by atomic mass is 10.1. The number of rotatable bonds is 2. The average molecular weight is 259 g/mol. The van der Waals surface area contributed by atoms with Crippen LogP contribution in [0.25, 0.3) is 6.08 Å². The van der Waals surface area contributed by atoms with E-state index in [1.807, 2.05) is 0 Å². The summed E-state index contributed by atoms with van der Waals surface area (Å²) in [6.45, 7) is 1.76. The molecule has 0 atom stereocenters. The van der Waals surface area contributed by atoms with Gasteiger partial charge in [0.05, 0.1) is 4.47 Å². The minimum absolute atomic E-state index is 0.255. The summed E-state index contributed by atoms with van der Waals surface area (Å²) in [6.07, 6.45) is 2.13. The zero-order chi connectivity index (χ0) is 10.7. The fourth-order valence-electron chi connectivity index (χ4n) is 0.951. The van der Waals surface area contributed by atoms with E-state index in [1.165, 1.54) is 12.1 Å². The van der Waals surface area contributed by atoms with Crippen LogP contribution < -0.4 is 0 Å². The summed E-state index contributed by atoms with van der Waals surface area (Å²) < 4.78 is 13.8. The predicted molar refractivity (Wildman–Crippen MR) is 55.5 cm³/mol. The molecule has 2 nitrogen and oxygen atoms in total. The number of aryl methyl sites for hydroxylation is 1. The van der Waals surface area contributed by atoms with Gasteiger partial charge in [0.2, 0.25) is 0 Å². The molecule has 1 N–H and O–H groups in total. The van der Waals surface area contributed by atoms with Gasteiger partial charge in [-0.15, -0.1) is 0 Å². The minimum Gasteiger partial charge on any atom is -0.478 e.